The van der Waals surface area contributed by atoms with E-state index in [-0.39, 0.29) is 18.5 Å². The van der Waals surface area contributed by atoms with E-state index in [9.17, 15) is 9.59 Å². The molecule has 19 heavy (non-hydrogen) atoms. The van der Waals surface area contributed by atoms with Gasteiger partial charge in [0.25, 0.3) is 0 Å². The summed E-state index contributed by atoms with van der Waals surface area (Å²) in [6.07, 6.45) is 2.96. The molecule has 1 saturated carbocycles. The van der Waals surface area contributed by atoms with Gasteiger partial charge in [0.15, 0.2) is 0 Å². The molecule has 0 amide bonds. The summed E-state index contributed by atoms with van der Waals surface area (Å²) in [5, 5.41) is 8.71. The van der Waals surface area contributed by atoms with Gasteiger partial charge < -0.3 is 9.84 Å². The van der Waals surface area contributed by atoms with Crippen molar-refractivity contribution in [2.24, 2.45) is 23.7 Å². The van der Waals surface area contributed by atoms with Crippen LogP contribution in [0.25, 0.3) is 0 Å². The zero-order valence-electron chi connectivity index (χ0n) is 12.4. The normalized spacial score (nSPS) is 29.0. The van der Waals surface area contributed by atoms with Gasteiger partial charge in [-0.3, -0.25) is 9.59 Å². The highest BCUT2D eigenvalue weighted by Crippen LogP contribution is 2.35. The second kappa shape index (κ2) is 6.92. The molecule has 1 N–H and O–H groups in total. The predicted molar refractivity (Wildman–Crippen MR) is 72.6 cm³/mol. The Hall–Kier alpha value is -1.06. The van der Waals surface area contributed by atoms with E-state index >= 15 is 0 Å². The molecule has 0 aromatic carbocycles. The highest BCUT2D eigenvalue weighted by molar-refractivity contribution is 5.78. The molecular weight excluding hydrogens is 244 g/mol. The van der Waals surface area contributed by atoms with Crippen LogP contribution in [0.5, 0.6) is 0 Å². The largest absolute Gasteiger partial charge is 0.481 e. The molecule has 1 fully saturated rings. The van der Waals surface area contributed by atoms with Gasteiger partial charge in [-0.15, -0.1) is 0 Å². The maximum Gasteiger partial charge on any atom is 0.309 e. The predicted octanol–water partition coefficient (Wildman–Crippen LogP) is 3.10. The number of carboxylic acids is 1. The highest BCUT2D eigenvalue weighted by Gasteiger charge is 2.34. The van der Waals surface area contributed by atoms with E-state index in [1.165, 1.54) is 6.42 Å². The third-order valence-corrected chi connectivity index (χ3v) is 4.11. The number of aliphatic carboxylic acids is 1. The molecule has 0 saturated heterocycles. The zero-order valence-corrected chi connectivity index (χ0v) is 12.4. The van der Waals surface area contributed by atoms with Crippen molar-refractivity contribution >= 4 is 11.9 Å². The van der Waals surface area contributed by atoms with E-state index < -0.39 is 11.9 Å². The van der Waals surface area contributed by atoms with Crippen LogP contribution in [0.1, 0.15) is 53.4 Å². The zero-order chi connectivity index (χ0) is 14.6. The maximum atomic E-state index is 11.9. The summed E-state index contributed by atoms with van der Waals surface area (Å²) < 4.78 is 5.60. The fourth-order valence-corrected chi connectivity index (χ4v) is 2.86. The maximum absolute atomic E-state index is 11.9. The second-order valence-corrected chi connectivity index (χ2v) is 6.30. The minimum absolute atomic E-state index is 0.0486. The van der Waals surface area contributed by atoms with Crippen molar-refractivity contribution in [2.45, 2.75) is 59.5 Å². The summed E-state index contributed by atoms with van der Waals surface area (Å²) >= 11 is 0. The number of carbonyl (C=O) groups excluding carboxylic acids is 1. The number of ether oxygens (including phenoxy) is 1. The van der Waals surface area contributed by atoms with Crippen LogP contribution in [-0.4, -0.2) is 23.1 Å². The molecule has 4 unspecified atom stereocenters. The summed E-state index contributed by atoms with van der Waals surface area (Å²) in [7, 11) is 0. The number of rotatable bonds is 5. The van der Waals surface area contributed by atoms with Crippen LogP contribution >= 0.6 is 0 Å². The Bertz CT molecular complexity index is 324. The van der Waals surface area contributed by atoms with Crippen molar-refractivity contribution in [3.05, 3.63) is 0 Å². The minimum atomic E-state index is -0.957. The Balaban J connectivity index is 2.60. The SMILES string of the molecule is CC1CCC(C(C)C)C(OC(=O)C(C)CC(=O)O)C1. The van der Waals surface area contributed by atoms with Gasteiger partial charge >= 0.3 is 11.9 Å². The number of carboxylic acid groups (broad SMARTS) is 1. The average Bonchev–Trinajstić information content (AvgIpc) is 2.27. The van der Waals surface area contributed by atoms with Gasteiger partial charge in [0, 0.05) is 0 Å². The van der Waals surface area contributed by atoms with Crippen LogP contribution in [0.15, 0.2) is 0 Å². The number of hydrogen-bond acceptors (Lipinski definition) is 3. The Labute approximate surface area is 115 Å². The lowest BCUT2D eigenvalue weighted by atomic mass is 9.75. The lowest BCUT2D eigenvalue weighted by molar-refractivity contribution is -0.162. The first kappa shape index (κ1) is 16.0. The van der Waals surface area contributed by atoms with Crippen LogP contribution in [0, 0.1) is 23.7 Å². The van der Waals surface area contributed by atoms with Crippen molar-refractivity contribution in [3.63, 3.8) is 0 Å². The van der Waals surface area contributed by atoms with Crippen LogP contribution in [0.3, 0.4) is 0 Å². The molecule has 0 aromatic rings. The molecule has 4 heteroatoms. The molecule has 0 heterocycles. The summed E-state index contributed by atoms with van der Waals surface area (Å²) in [6.45, 7) is 8.11. The second-order valence-electron chi connectivity index (χ2n) is 6.30. The molecule has 0 aliphatic heterocycles. The third-order valence-electron chi connectivity index (χ3n) is 4.11. The summed E-state index contributed by atoms with van der Waals surface area (Å²) in [6, 6.07) is 0. The van der Waals surface area contributed by atoms with Crippen molar-refractivity contribution in [1.82, 2.24) is 0 Å². The number of hydrogen-bond donors (Lipinski definition) is 1. The van der Waals surface area contributed by atoms with Gasteiger partial charge in [-0.1, -0.05) is 34.1 Å². The van der Waals surface area contributed by atoms with E-state index in [2.05, 4.69) is 20.8 Å². The summed E-state index contributed by atoms with van der Waals surface area (Å²) in [5.41, 5.74) is 0. The van der Waals surface area contributed by atoms with Crippen LogP contribution in [0.2, 0.25) is 0 Å². The van der Waals surface area contributed by atoms with Gasteiger partial charge in [-0.2, -0.15) is 0 Å². The lowest BCUT2D eigenvalue weighted by Crippen LogP contribution is -2.37. The van der Waals surface area contributed by atoms with Gasteiger partial charge in [0.2, 0.25) is 0 Å². The van der Waals surface area contributed by atoms with Crippen LogP contribution in [0.4, 0.5) is 0 Å². The monoisotopic (exact) mass is 270 g/mol. The lowest BCUT2D eigenvalue weighted by Gasteiger charge is -2.37. The highest BCUT2D eigenvalue weighted by atomic mass is 16.5. The van der Waals surface area contributed by atoms with Crippen LogP contribution < -0.4 is 0 Å². The fourth-order valence-electron chi connectivity index (χ4n) is 2.86. The van der Waals surface area contributed by atoms with Gasteiger partial charge in [0.05, 0.1) is 12.3 Å². The fraction of sp³-hybridized carbons (Fsp3) is 0.867. The molecule has 110 valence electrons. The van der Waals surface area contributed by atoms with Crippen molar-refractivity contribution in [2.75, 3.05) is 0 Å². The van der Waals surface area contributed by atoms with E-state index in [0.29, 0.717) is 17.8 Å². The molecule has 4 nitrogen and oxygen atoms in total. The topological polar surface area (TPSA) is 63.6 Å². The van der Waals surface area contributed by atoms with E-state index in [1.807, 2.05) is 0 Å². The van der Waals surface area contributed by atoms with E-state index in [1.54, 1.807) is 6.92 Å². The molecule has 0 spiro atoms. The molecule has 1 rings (SSSR count). The molecule has 0 bridgehead atoms. The quantitative estimate of drug-likeness (QED) is 0.780. The Morgan fingerprint density at radius 2 is 1.89 bits per heavy atom. The van der Waals surface area contributed by atoms with Gasteiger partial charge in [-0.25, -0.2) is 0 Å². The smallest absolute Gasteiger partial charge is 0.309 e. The van der Waals surface area contributed by atoms with E-state index in [4.69, 9.17) is 9.84 Å². The molecule has 0 radical (unpaired) electrons. The molecule has 1 aliphatic carbocycles. The summed E-state index contributed by atoms with van der Waals surface area (Å²) in [4.78, 5) is 22.6. The van der Waals surface area contributed by atoms with Crippen molar-refractivity contribution in [3.8, 4) is 0 Å². The Morgan fingerprint density at radius 3 is 2.42 bits per heavy atom. The third kappa shape index (κ3) is 4.84. The molecule has 1 aliphatic rings. The van der Waals surface area contributed by atoms with E-state index in [0.717, 1.165) is 12.8 Å². The number of carbonyl (C=O) groups is 2. The van der Waals surface area contributed by atoms with Crippen LogP contribution in [-0.2, 0) is 14.3 Å². The first-order valence-corrected chi connectivity index (χ1v) is 7.23. The van der Waals surface area contributed by atoms with Crippen molar-refractivity contribution in [1.29, 1.82) is 0 Å². The van der Waals surface area contributed by atoms with Gasteiger partial charge in [-0.05, 0) is 30.6 Å². The summed E-state index contributed by atoms with van der Waals surface area (Å²) in [5.74, 6) is -0.434. The Kier molecular flexibility index (Phi) is 5.83. The first-order valence-electron chi connectivity index (χ1n) is 7.23. The standard InChI is InChI=1S/C15H26O4/c1-9(2)12-6-5-10(3)7-13(12)19-15(18)11(4)8-14(16)17/h9-13H,5-8H2,1-4H3,(H,16,17). The molecule has 0 aromatic heterocycles. The minimum Gasteiger partial charge on any atom is -0.481 e. The van der Waals surface area contributed by atoms with Gasteiger partial charge in [0.1, 0.15) is 6.10 Å². The molecular formula is C15H26O4. The average molecular weight is 270 g/mol. The molecule has 4 atom stereocenters. The first-order chi connectivity index (χ1) is 8.81. The number of esters is 1. The Morgan fingerprint density at radius 1 is 1.26 bits per heavy atom. The van der Waals surface area contributed by atoms with Crippen molar-refractivity contribution < 1.29 is 19.4 Å².